The van der Waals surface area contributed by atoms with E-state index in [-0.39, 0.29) is 91.5 Å². The van der Waals surface area contributed by atoms with Crippen LogP contribution >= 0.6 is 0 Å². The van der Waals surface area contributed by atoms with Gasteiger partial charge in [0.05, 0.1) is 24.2 Å². The van der Waals surface area contributed by atoms with Gasteiger partial charge in [-0.2, -0.15) is 0 Å². The zero-order valence-electron chi connectivity index (χ0n) is 32.8. The number of unbranched alkanes of at least 4 members (excludes halogenated alkanes) is 1. The topological polar surface area (TPSA) is 210 Å². The molecular formula is C38H60N4O12. The molecule has 0 spiro atoms. The third-order valence-electron chi connectivity index (χ3n) is 10.7. The summed E-state index contributed by atoms with van der Waals surface area (Å²) in [5, 5.41) is 5.22. The molecule has 0 saturated carbocycles. The summed E-state index contributed by atoms with van der Waals surface area (Å²) in [5.74, 6) is -1.04. The van der Waals surface area contributed by atoms with Gasteiger partial charge < -0.3 is 34.3 Å². The number of ether oxygens (including phenoxy) is 5. The minimum absolute atomic E-state index is 0.0268. The van der Waals surface area contributed by atoms with Crippen molar-refractivity contribution in [1.29, 1.82) is 0 Å². The van der Waals surface area contributed by atoms with Crippen LogP contribution in [0.4, 0.5) is 0 Å². The Labute approximate surface area is 316 Å². The SMILES string of the molecule is CC[C@H]1O[C@@H](c2cn(CCC(=O)NCCCC(=O)CCCCOC3OC(COC(C)=O)C(C)C(C)C3C)c(=O)[nH]c2=O)[C@@H](OC(=O)CCC(=O)NC)C1C. The molecule has 2 aliphatic heterocycles. The standard InChI is InChI=1S/C38H60N4O12/c1-8-29-25(5)34(54-33(47)15-14-31(45)39-7)35(52-29)28-20-42(38(49)41-36(28)48)18-16-32(46)40-17-11-13-27(44)12-9-10-19-50-37-24(4)22(2)23(3)30(53-37)21-51-26(6)43/h20,22-25,29-30,34-35,37H,8-19,21H2,1-7H3,(H,39,45)(H,40,46)(H,41,48,49)/t22?,23?,24?,25?,29-,30?,34+,35+,37?/m1/s1. The molecule has 0 bridgehead atoms. The first-order valence-corrected chi connectivity index (χ1v) is 19.2. The van der Waals surface area contributed by atoms with Crippen LogP contribution in [-0.2, 0) is 54.2 Å². The van der Waals surface area contributed by atoms with Crippen molar-refractivity contribution in [2.45, 2.75) is 137 Å². The number of Topliss-reactive ketones (excluding diaryl/α,β-unsaturated/α-hetero) is 1. The van der Waals surface area contributed by atoms with E-state index in [1.165, 1.54) is 24.7 Å². The van der Waals surface area contributed by atoms with Gasteiger partial charge in [-0.1, -0.05) is 34.6 Å². The number of nitrogens with zero attached hydrogens (tertiary/aromatic N) is 1. The highest BCUT2D eigenvalue weighted by Gasteiger charge is 2.45. The van der Waals surface area contributed by atoms with Crippen LogP contribution < -0.4 is 21.9 Å². The second-order valence-corrected chi connectivity index (χ2v) is 14.5. The monoisotopic (exact) mass is 764 g/mol. The van der Waals surface area contributed by atoms with E-state index in [1.54, 1.807) is 0 Å². The van der Waals surface area contributed by atoms with Gasteiger partial charge in [-0.25, -0.2) is 4.79 Å². The first-order valence-electron chi connectivity index (χ1n) is 19.2. The molecule has 3 rings (SSSR count). The first kappa shape index (κ1) is 44.5. The lowest BCUT2D eigenvalue weighted by Crippen LogP contribution is -2.47. The molecule has 9 atom stereocenters. The van der Waals surface area contributed by atoms with E-state index < -0.39 is 35.7 Å². The summed E-state index contributed by atoms with van der Waals surface area (Å²) in [7, 11) is 1.47. The Hall–Kier alpha value is -3.89. The Balaban J connectivity index is 1.39. The molecule has 304 valence electrons. The Bertz CT molecular complexity index is 1540. The van der Waals surface area contributed by atoms with Crippen LogP contribution in [0.25, 0.3) is 0 Å². The number of nitrogens with one attached hydrogen (secondary N) is 3. The van der Waals surface area contributed by atoms with Crippen LogP contribution in [0, 0.1) is 23.7 Å². The summed E-state index contributed by atoms with van der Waals surface area (Å²) in [6.45, 7) is 12.4. The number of H-pyrrole nitrogens is 1. The molecule has 16 nitrogen and oxygen atoms in total. The van der Waals surface area contributed by atoms with Gasteiger partial charge in [-0.05, 0) is 37.5 Å². The fourth-order valence-corrected chi connectivity index (χ4v) is 6.85. The van der Waals surface area contributed by atoms with Crippen LogP contribution in [0.3, 0.4) is 0 Å². The second-order valence-electron chi connectivity index (χ2n) is 14.5. The van der Waals surface area contributed by atoms with Crippen molar-refractivity contribution in [3.05, 3.63) is 32.6 Å². The maximum absolute atomic E-state index is 12.9. The summed E-state index contributed by atoms with van der Waals surface area (Å²) in [5.41, 5.74) is -1.28. The quantitative estimate of drug-likeness (QED) is 0.122. The van der Waals surface area contributed by atoms with E-state index >= 15 is 0 Å². The number of carbonyl (C=O) groups excluding carboxylic acids is 5. The van der Waals surface area contributed by atoms with Gasteiger partial charge in [0.25, 0.3) is 5.56 Å². The number of rotatable bonds is 21. The summed E-state index contributed by atoms with van der Waals surface area (Å²) in [6.07, 6.45) is 1.52. The van der Waals surface area contributed by atoms with Crippen LogP contribution in [0.5, 0.6) is 0 Å². The predicted molar refractivity (Wildman–Crippen MR) is 196 cm³/mol. The number of carbonyl (C=O) groups is 5. The molecule has 1 aromatic rings. The highest BCUT2D eigenvalue weighted by atomic mass is 16.7. The maximum Gasteiger partial charge on any atom is 0.328 e. The summed E-state index contributed by atoms with van der Waals surface area (Å²) < 4.78 is 30.3. The summed E-state index contributed by atoms with van der Waals surface area (Å²) >= 11 is 0. The Kier molecular flexibility index (Phi) is 18.0. The molecule has 0 radical (unpaired) electrons. The third-order valence-corrected chi connectivity index (χ3v) is 10.7. The molecule has 2 amide bonds. The van der Waals surface area contributed by atoms with Crippen molar-refractivity contribution in [3.8, 4) is 0 Å². The lowest BCUT2D eigenvalue weighted by atomic mass is 9.79. The highest BCUT2D eigenvalue weighted by molar-refractivity contribution is 5.81. The molecule has 6 unspecified atom stereocenters. The zero-order valence-corrected chi connectivity index (χ0v) is 32.8. The average molecular weight is 765 g/mol. The number of esters is 2. The highest BCUT2D eigenvalue weighted by Crippen LogP contribution is 2.39. The number of aromatic amines is 1. The third kappa shape index (κ3) is 13.1. The number of aryl methyl sites for hydroxylation is 1. The van der Waals surface area contributed by atoms with Crippen LogP contribution in [0.2, 0.25) is 0 Å². The summed E-state index contributed by atoms with van der Waals surface area (Å²) in [6, 6.07) is 0. The number of hydrogen-bond acceptors (Lipinski definition) is 12. The predicted octanol–water partition coefficient (Wildman–Crippen LogP) is 2.70. The molecular weight excluding hydrogens is 704 g/mol. The van der Waals surface area contributed by atoms with Crippen molar-refractivity contribution in [2.24, 2.45) is 23.7 Å². The zero-order chi connectivity index (χ0) is 39.9. The van der Waals surface area contributed by atoms with Crippen molar-refractivity contribution < 1.29 is 47.7 Å². The minimum atomic E-state index is -0.946. The number of hydrogen-bond donors (Lipinski definition) is 3. The van der Waals surface area contributed by atoms with E-state index in [1.807, 2.05) is 13.8 Å². The van der Waals surface area contributed by atoms with E-state index in [0.717, 1.165) is 0 Å². The molecule has 0 aromatic carbocycles. The Morgan fingerprint density at radius 1 is 0.852 bits per heavy atom. The largest absolute Gasteiger partial charge is 0.463 e. The summed E-state index contributed by atoms with van der Waals surface area (Å²) in [4.78, 5) is 88.3. The molecule has 2 aliphatic rings. The number of ketones is 1. The van der Waals surface area contributed by atoms with Gasteiger partial charge in [-0.15, -0.1) is 0 Å². The number of amides is 2. The van der Waals surface area contributed by atoms with Gasteiger partial charge in [0.1, 0.15) is 24.6 Å². The van der Waals surface area contributed by atoms with E-state index in [9.17, 15) is 33.6 Å². The lowest BCUT2D eigenvalue weighted by Gasteiger charge is -2.43. The molecule has 0 aliphatic carbocycles. The van der Waals surface area contributed by atoms with Crippen LogP contribution in [-0.4, -0.2) is 90.5 Å². The normalized spacial score (nSPS) is 26.5. The van der Waals surface area contributed by atoms with Gasteiger partial charge in [0.15, 0.2) is 6.29 Å². The minimum Gasteiger partial charge on any atom is -0.463 e. The first-order chi connectivity index (χ1) is 25.7. The van der Waals surface area contributed by atoms with Crippen molar-refractivity contribution in [1.82, 2.24) is 20.2 Å². The second kappa shape index (κ2) is 21.9. The molecule has 54 heavy (non-hydrogen) atoms. The maximum atomic E-state index is 12.9. The fourth-order valence-electron chi connectivity index (χ4n) is 6.85. The Morgan fingerprint density at radius 3 is 2.26 bits per heavy atom. The van der Waals surface area contributed by atoms with Crippen LogP contribution in [0.15, 0.2) is 15.8 Å². The van der Waals surface area contributed by atoms with E-state index in [2.05, 4.69) is 36.4 Å². The van der Waals surface area contributed by atoms with Gasteiger partial charge >= 0.3 is 17.6 Å². The van der Waals surface area contributed by atoms with E-state index in [4.69, 9.17) is 23.7 Å². The molecule has 3 heterocycles. The smallest absolute Gasteiger partial charge is 0.328 e. The molecule has 2 saturated heterocycles. The molecule has 2 fully saturated rings. The van der Waals surface area contributed by atoms with Gasteiger partial charge in [0, 0.05) is 77.4 Å². The van der Waals surface area contributed by atoms with E-state index in [0.29, 0.717) is 57.6 Å². The van der Waals surface area contributed by atoms with Crippen molar-refractivity contribution in [2.75, 3.05) is 26.8 Å². The van der Waals surface area contributed by atoms with Crippen molar-refractivity contribution in [3.63, 3.8) is 0 Å². The van der Waals surface area contributed by atoms with Gasteiger partial charge in [-0.3, -0.25) is 38.3 Å². The van der Waals surface area contributed by atoms with Gasteiger partial charge in [0.2, 0.25) is 11.8 Å². The fraction of sp³-hybridized carbons (Fsp3) is 0.763. The molecule has 3 N–H and O–H groups in total. The lowest BCUT2D eigenvalue weighted by molar-refractivity contribution is -0.255. The number of aromatic nitrogens is 2. The average Bonchev–Trinajstić information content (AvgIpc) is 3.44. The van der Waals surface area contributed by atoms with Crippen molar-refractivity contribution >= 4 is 29.5 Å². The Morgan fingerprint density at radius 2 is 1.57 bits per heavy atom. The molecule has 1 aromatic heterocycles. The molecule has 16 heteroatoms. The van der Waals surface area contributed by atoms with Crippen LogP contribution in [0.1, 0.15) is 111 Å².